The first-order valence-electron chi connectivity index (χ1n) is 14.3. The average molecular weight is 564 g/mol. The lowest BCUT2D eigenvalue weighted by molar-refractivity contribution is -0.122. The van der Waals surface area contributed by atoms with Crippen molar-refractivity contribution in [3.8, 4) is 10.6 Å². The summed E-state index contributed by atoms with van der Waals surface area (Å²) in [5.74, 6) is -0.839. The molecule has 1 aliphatic carbocycles. The first-order valence-corrected chi connectivity index (χ1v) is 15.1. The Morgan fingerprint density at radius 2 is 1.83 bits per heavy atom. The molecule has 3 aromatic carbocycles. The van der Waals surface area contributed by atoms with Crippen LogP contribution in [0.25, 0.3) is 20.8 Å². The third kappa shape index (κ3) is 5.46. The second kappa shape index (κ2) is 11.4. The lowest BCUT2D eigenvalue weighted by atomic mass is 9.96. The number of hydrogen-bond donors (Lipinski definition) is 0. The standard InChI is InChI=1S/C34H33N3O3S/c1-22-12-17-28-30(20-22)41-32(35-28)25-13-15-26(16-14-25)37-31(38)21-29(34(37)40)36(19-18-24-9-4-3-5-10-24)33(39)27-11-7-6-8-23(27)2/h6-9,11-17,20,29H,3-5,10,18-19,21H2,1-2H3. The number of benzene rings is 3. The number of hydrogen-bond acceptors (Lipinski definition) is 5. The van der Waals surface area contributed by atoms with Crippen molar-refractivity contribution in [1.29, 1.82) is 0 Å². The van der Waals surface area contributed by atoms with Crippen LogP contribution >= 0.6 is 11.3 Å². The molecule has 2 heterocycles. The summed E-state index contributed by atoms with van der Waals surface area (Å²) in [6.07, 6.45) is 7.39. The molecule has 208 valence electrons. The van der Waals surface area contributed by atoms with Gasteiger partial charge in [0.15, 0.2) is 0 Å². The number of aromatic nitrogens is 1. The molecule has 1 aromatic heterocycles. The van der Waals surface area contributed by atoms with Crippen molar-refractivity contribution >= 4 is 45.0 Å². The molecule has 0 bridgehead atoms. The molecule has 4 aromatic rings. The van der Waals surface area contributed by atoms with Crippen LogP contribution in [-0.4, -0.2) is 40.2 Å². The predicted octanol–water partition coefficient (Wildman–Crippen LogP) is 7.24. The Morgan fingerprint density at radius 1 is 1.02 bits per heavy atom. The van der Waals surface area contributed by atoms with Crippen molar-refractivity contribution in [3.63, 3.8) is 0 Å². The number of carbonyl (C=O) groups is 3. The van der Waals surface area contributed by atoms with Crippen LogP contribution in [0, 0.1) is 13.8 Å². The van der Waals surface area contributed by atoms with Gasteiger partial charge in [-0.05, 0) is 99.5 Å². The van der Waals surface area contributed by atoms with Crippen LogP contribution < -0.4 is 4.90 Å². The molecule has 2 aliphatic rings. The van der Waals surface area contributed by atoms with E-state index in [4.69, 9.17) is 4.98 Å². The molecule has 0 N–H and O–H groups in total. The lowest BCUT2D eigenvalue weighted by Gasteiger charge is -2.29. The van der Waals surface area contributed by atoms with E-state index in [9.17, 15) is 14.4 Å². The average Bonchev–Trinajstić information content (AvgIpc) is 3.53. The van der Waals surface area contributed by atoms with Gasteiger partial charge in [0.1, 0.15) is 11.0 Å². The highest BCUT2D eigenvalue weighted by atomic mass is 32.1. The minimum Gasteiger partial charge on any atom is -0.326 e. The molecular weight excluding hydrogens is 530 g/mol. The maximum absolute atomic E-state index is 13.8. The van der Waals surface area contributed by atoms with Gasteiger partial charge in [0.05, 0.1) is 22.3 Å². The molecule has 1 aliphatic heterocycles. The number of imide groups is 1. The third-order valence-electron chi connectivity index (χ3n) is 8.11. The predicted molar refractivity (Wildman–Crippen MR) is 164 cm³/mol. The molecule has 1 unspecified atom stereocenters. The zero-order valence-corrected chi connectivity index (χ0v) is 24.2. The molecular formula is C34H33N3O3S. The topological polar surface area (TPSA) is 70.6 Å². The number of allylic oxidation sites excluding steroid dienone is 1. The fourth-order valence-electron chi connectivity index (χ4n) is 5.80. The number of rotatable bonds is 7. The highest BCUT2D eigenvalue weighted by Crippen LogP contribution is 2.34. The second-order valence-corrected chi connectivity index (χ2v) is 12.0. The number of anilines is 1. The molecule has 7 heteroatoms. The largest absolute Gasteiger partial charge is 0.326 e. The summed E-state index contributed by atoms with van der Waals surface area (Å²) in [4.78, 5) is 48.6. The van der Waals surface area contributed by atoms with Crippen molar-refractivity contribution in [2.45, 2.75) is 58.4 Å². The molecule has 0 saturated carbocycles. The van der Waals surface area contributed by atoms with Crippen molar-refractivity contribution in [3.05, 3.63) is 95.1 Å². The van der Waals surface area contributed by atoms with Gasteiger partial charge in [0.25, 0.3) is 11.8 Å². The zero-order valence-electron chi connectivity index (χ0n) is 23.4. The van der Waals surface area contributed by atoms with E-state index in [0.29, 0.717) is 24.2 Å². The normalized spacial score (nSPS) is 17.3. The van der Waals surface area contributed by atoms with Gasteiger partial charge in [-0.25, -0.2) is 9.88 Å². The number of nitrogens with zero attached hydrogens (tertiary/aromatic N) is 3. The molecule has 1 saturated heterocycles. The first-order chi connectivity index (χ1) is 19.9. The molecule has 1 fully saturated rings. The third-order valence-corrected chi connectivity index (χ3v) is 9.18. The van der Waals surface area contributed by atoms with Gasteiger partial charge >= 0.3 is 0 Å². The lowest BCUT2D eigenvalue weighted by Crippen LogP contribution is -2.46. The van der Waals surface area contributed by atoms with Gasteiger partial charge in [-0.1, -0.05) is 35.9 Å². The van der Waals surface area contributed by atoms with Gasteiger partial charge in [-0.3, -0.25) is 14.4 Å². The highest BCUT2D eigenvalue weighted by molar-refractivity contribution is 7.21. The van der Waals surface area contributed by atoms with Crippen molar-refractivity contribution in [2.24, 2.45) is 0 Å². The van der Waals surface area contributed by atoms with E-state index in [1.54, 1.807) is 34.4 Å². The molecule has 0 spiro atoms. The van der Waals surface area contributed by atoms with Crippen LogP contribution in [0.4, 0.5) is 5.69 Å². The SMILES string of the molecule is Cc1ccc2nc(-c3ccc(N4C(=O)CC(N(CCC5=CCCCC5)C(=O)c5ccccc5C)C4=O)cc3)sc2c1. The summed E-state index contributed by atoms with van der Waals surface area (Å²) in [5.41, 5.74) is 6.34. The Morgan fingerprint density at radius 3 is 2.59 bits per heavy atom. The van der Waals surface area contributed by atoms with Crippen LogP contribution in [0.15, 0.2) is 78.4 Å². The summed E-state index contributed by atoms with van der Waals surface area (Å²) >= 11 is 1.62. The van der Waals surface area contributed by atoms with E-state index in [-0.39, 0.29) is 24.1 Å². The van der Waals surface area contributed by atoms with Crippen molar-refractivity contribution < 1.29 is 14.4 Å². The number of aryl methyl sites for hydroxylation is 2. The molecule has 0 radical (unpaired) electrons. The Hall–Kier alpha value is -4.10. The van der Waals surface area contributed by atoms with E-state index in [1.807, 2.05) is 43.3 Å². The van der Waals surface area contributed by atoms with E-state index in [1.165, 1.54) is 22.5 Å². The minimum atomic E-state index is -0.828. The molecule has 3 amide bonds. The van der Waals surface area contributed by atoms with E-state index < -0.39 is 6.04 Å². The van der Waals surface area contributed by atoms with Crippen molar-refractivity contribution in [1.82, 2.24) is 9.88 Å². The number of carbonyl (C=O) groups excluding carboxylic acids is 3. The monoisotopic (exact) mass is 563 g/mol. The van der Waals surface area contributed by atoms with Gasteiger partial charge < -0.3 is 4.90 Å². The van der Waals surface area contributed by atoms with Gasteiger partial charge in [0, 0.05) is 17.7 Å². The maximum Gasteiger partial charge on any atom is 0.257 e. The molecule has 1 atom stereocenters. The molecule has 6 nitrogen and oxygen atoms in total. The molecule has 6 rings (SSSR count). The van der Waals surface area contributed by atoms with Gasteiger partial charge in [-0.2, -0.15) is 0 Å². The van der Waals surface area contributed by atoms with E-state index in [0.717, 1.165) is 45.6 Å². The zero-order chi connectivity index (χ0) is 28.5. The number of amides is 3. The number of thiazole rings is 1. The minimum absolute atomic E-state index is 0.0194. The maximum atomic E-state index is 13.8. The number of fused-ring (bicyclic) bond motifs is 1. The first kappa shape index (κ1) is 27.1. The summed E-state index contributed by atoms with van der Waals surface area (Å²) in [6, 6.07) is 20.2. The Bertz CT molecular complexity index is 1670. The molecule has 41 heavy (non-hydrogen) atoms. The quantitative estimate of drug-likeness (QED) is 0.175. The summed E-state index contributed by atoms with van der Waals surface area (Å²) in [7, 11) is 0. The van der Waals surface area contributed by atoms with Crippen LogP contribution in [0.2, 0.25) is 0 Å². The summed E-state index contributed by atoms with van der Waals surface area (Å²) in [6.45, 7) is 4.37. The van der Waals surface area contributed by atoms with Crippen molar-refractivity contribution in [2.75, 3.05) is 11.4 Å². The summed E-state index contributed by atoms with van der Waals surface area (Å²) < 4.78 is 1.12. The highest BCUT2D eigenvalue weighted by Gasteiger charge is 2.44. The van der Waals surface area contributed by atoms with E-state index in [2.05, 4.69) is 25.1 Å². The van der Waals surface area contributed by atoms with E-state index >= 15 is 0 Å². The Labute approximate surface area is 244 Å². The van der Waals surface area contributed by atoms with Gasteiger partial charge in [0.2, 0.25) is 5.91 Å². The second-order valence-electron chi connectivity index (χ2n) is 11.0. The Kier molecular flexibility index (Phi) is 7.54. The fraction of sp³-hybridized carbons (Fsp3) is 0.294. The Balaban J connectivity index is 1.25. The van der Waals surface area contributed by atoms with Crippen LogP contribution in [-0.2, 0) is 9.59 Å². The fourth-order valence-corrected chi connectivity index (χ4v) is 6.87. The van der Waals surface area contributed by atoms with Crippen LogP contribution in [0.3, 0.4) is 0 Å². The van der Waals surface area contributed by atoms with Crippen LogP contribution in [0.5, 0.6) is 0 Å². The smallest absolute Gasteiger partial charge is 0.257 e. The van der Waals surface area contributed by atoms with Gasteiger partial charge in [-0.15, -0.1) is 11.3 Å². The summed E-state index contributed by atoms with van der Waals surface area (Å²) in [5, 5.41) is 0.890. The van der Waals surface area contributed by atoms with Crippen LogP contribution in [0.1, 0.15) is 60.0 Å².